The zero-order valence-corrected chi connectivity index (χ0v) is 17.6. The fourth-order valence-corrected chi connectivity index (χ4v) is 4.84. The van der Waals surface area contributed by atoms with Gasteiger partial charge in [-0.1, -0.05) is 48.2 Å². The molecule has 1 aromatic carbocycles. The van der Waals surface area contributed by atoms with Gasteiger partial charge in [0.1, 0.15) is 9.82 Å². The number of aryl methyl sites for hydroxylation is 1. The van der Waals surface area contributed by atoms with Gasteiger partial charge in [-0.05, 0) is 46.6 Å². The zero-order chi connectivity index (χ0) is 17.3. The molecule has 0 amide bonds. The number of thiophene rings is 1. The fourth-order valence-electron chi connectivity index (χ4n) is 2.42. The lowest BCUT2D eigenvalue weighted by molar-refractivity contribution is 0.792. The molecule has 2 aromatic heterocycles. The summed E-state index contributed by atoms with van der Waals surface area (Å²) in [5.41, 5.74) is 2.02. The Labute approximate surface area is 168 Å². The van der Waals surface area contributed by atoms with Crippen LogP contribution in [0.1, 0.15) is 18.1 Å². The lowest BCUT2D eigenvalue weighted by Crippen LogP contribution is -2.22. The predicted molar refractivity (Wildman–Crippen MR) is 114 cm³/mol. The van der Waals surface area contributed by atoms with Gasteiger partial charge in [0, 0.05) is 35.3 Å². The number of benzene rings is 1. The lowest BCUT2D eigenvalue weighted by atomic mass is 10.2. The minimum Gasteiger partial charge on any atom is -0.372 e. The Morgan fingerprint density at radius 1 is 1.33 bits per heavy atom. The first-order valence-corrected chi connectivity index (χ1v) is 10.1. The molecule has 0 bridgehead atoms. The molecule has 3 aromatic rings. The zero-order valence-electron chi connectivity index (χ0n) is 12.8. The van der Waals surface area contributed by atoms with Crippen molar-refractivity contribution in [1.29, 1.82) is 0 Å². The topological polar surface area (TPSA) is 17.0 Å². The normalized spacial score (nSPS) is 11.0. The Morgan fingerprint density at radius 3 is 2.71 bits per heavy atom. The van der Waals surface area contributed by atoms with Crippen molar-refractivity contribution in [3.63, 3.8) is 0 Å². The van der Waals surface area contributed by atoms with Gasteiger partial charge in [0.05, 0.1) is 8.30 Å². The van der Waals surface area contributed by atoms with Gasteiger partial charge in [-0.25, -0.2) is 0 Å². The van der Waals surface area contributed by atoms with E-state index in [2.05, 4.69) is 38.8 Å². The number of rotatable bonds is 4. The predicted octanol–water partition coefficient (Wildman–Crippen LogP) is 6.33. The van der Waals surface area contributed by atoms with Gasteiger partial charge in [-0.3, -0.25) is 0 Å². The highest BCUT2D eigenvalue weighted by atomic mass is 79.9. The summed E-state index contributed by atoms with van der Waals surface area (Å²) in [6.45, 7) is 3.62. The van der Waals surface area contributed by atoms with Gasteiger partial charge in [0.25, 0.3) is 0 Å². The minimum atomic E-state index is 0.641. The maximum absolute atomic E-state index is 5.92. The average Bonchev–Trinajstić information content (AvgIpc) is 2.97. The molecule has 0 saturated heterocycles. The molecular weight excluding hydrogens is 444 g/mol. The molecule has 0 aliphatic carbocycles. The van der Waals surface area contributed by atoms with Crippen LogP contribution < -0.4 is 5.32 Å². The summed E-state index contributed by atoms with van der Waals surface area (Å²) in [4.78, 5) is 1.83. The van der Waals surface area contributed by atoms with Crippen LogP contribution in [0.25, 0.3) is 10.2 Å². The molecule has 0 aliphatic rings. The Bertz CT molecular complexity index is 960. The van der Waals surface area contributed by atoms with Gasteiger partial charge in [0.15, 0.2) is 0 Å². The Balaban J connectivity index is 1.90. The second kappa shape index (κ2) is 7.62. The Kier molecular flexibility index (Phi) is 5.72. The molecular formula is C17H14BrClN2S3. The molecule has 0 atom stereocenters. The van der Waals surface area contributed by atoms with E-state index in [-0.39, 0.29) is 0 Å². The van der Waals surface area contributed by atoms with E-state index in [1.165, 1.54) is 4.83 Å². The van der Waals surface area contributed by atoms with E-state index < -0.39 is 0 Å². The van der Waals surface area contributed by atoms with Gasteiger partial charge < -0.3 is 9.88 Å². The van der Waals surface area contributed by atoms with E-state index in [1.807, 2.05) is 30.5 Å². The number of fused-ring (bicyclic) bond motifs is 1. The molecule has 0 saturated carbocycles. The second-order valence-electron chi connectivity index (χ2n) is 5.24. The first-order valence-electron chi connectivity index (χ1n) is 7.34. The standard InChI is InChI=1S/C17H14BrClN2S3/c1-2-21-9-13(15(22)12-7-14(18)24-17(12)21)16(23)20-8-10-3-5-11(19)6-4-10/h3-7,9H,2,8H2,1H3,(H,20,23). The minimum absolute atomic E-state index is 0.641. The van der Waals surface area contributed by atoms with Crippen molar-refractivity contribution in [3.8, 4) is 0 Å². The summed E-state index contributed by atoms with van der Waals surface area (Å²) in [5, 5.41) is 5.09. The van der Waals surface area contributed by atoms with Crippen molar-refractivity contribution in [3.05, 3.63) is 61.0 Å². The summed E-state index contributed by atoms with van der Waals surface area (Å²) < 4.78 is 4.06. The largest absolute Gasteiger partial charge is 0.372 e. The van der Waals surface area contributed by atoms with Crippen LogP contribution in [0, 0.1) is 4.51 Å². The van der Waals surface area contributed by atoms with Crippen LogP contribution in [0.4, 0.5) is 0 Å². The van der Waals surface area contributed by atoms with E-state index in [9.17, 15) is 0 Å². The van der Waals surface area contributed by atoms with Gasteiger partial charge >= 0.3 is 0 Å². The quantitative estimate of drug-likeness (QED) is 0.461. The van der Waals surface area contributed by atoms with Crippen LogP contribution in [0.5, 0.6) is 0 Å². The number of nitrogens with zero attached hydrogens (tertiary/aromatic N) is 1. The molecule has 0 spiro atoms. The van der Waals surface area contributed by atoms with Crippen LogP contribution in [-0.4, -0.2) is 9.56 Å². The van der Waals surface area contributed by atoms with Gasteiger partial charge in [0.2, 0.25) is 0 Å². The lowest BCUT2D eigenvalue weighted by Gasteiger charge is -2.12. The monoisotopic (exact) mass is 456 g/mol. The first-order chi connectivity index (χ1) is 11.5. The summed E-state index contributed by atoms with van der Waals surface area (Å²) >= 11 is 22.4. The van der Waals surface area contributed by atoms with Crippen LogP contribution in [0.2, 0.25) is 5.02 Å². The third-order valence-electron chi connectivity index (χ3n) is 3.67. The number of hydrogen-bond donors (Lipinski definition) is 1. The summed E-state index contributed by atoms with van der Waals surface area (Å²) in [5.74, 6) is 0. The highest BCUT2D eigenvalue weighted by molar-refractivity contribution is 9.11. The van der Waals surface area contributed by atoms with Gasteiger partial charge in [-0.15, -0.1) is 11.3 Å². The highest BCUT2D eigenvalue weighted by Crippen LogP contribution is 2.31. The summed E-state index contributed by atoms with van der Waals surface area (Å²) in [7, 11) is 0. The molecule has 1 N–H and O–H groups in total. The molecule has 2 nitrogen and oxygen atoms in total. The number of nitrogens with one attached hydrogen (secondary N) is 1. The molecule has 124 valence electrons. The number of pyridine rings is 1. The summed E-state index contributed by atoms with van der Waals surface area (Å²) in [6.07, 6.45) is 2.05. The van der Waals surface area contributed by atoms with Crippen molar-refractivity contribution in [2.45, 2.75) is 20.0 Å². The number of hydrogen-bond acceptors (Lipinski definition) is 3. The summed E-state index contributed by atoms with van der Waals surface area (Å²) in [6, 6.07) is 9.79. The first kappa shape index (κ1) is 18.0. The fraction of sp³-hybridized carbons (Fsp3) is 0.176. The molecule has 7 heteroatoms. The Morgan fingerprint density at radius 2 is 2.04 bits per heavy atom. The molecule has 0 fully saturated rings. The SMILES string of the molecule is CCn1cc(C(=S)NCc2ccc(Cl)cc2)c(=S)c2cc(Br)sc21. The molecule has 0 aliphatic heterocycles. The van der Waals surface area contributed by atoms with Crippen LogP contribution >= 0.6 is 63.3 Å². The van der Waals surface area contributed by atoms with E-state index in [1.54, 1.807) is 11.3 Å². The molecule has 0 radical (unpaired) electrons. The average molecular weight is 458 g/mol. The van der Waals surface area contributed by atoms with Crippen molar-refractivity contribution < 1.29 is 0 Å². The van der Waals surface area contributed by atoms with E-state index in [4.69, 9.17) is 36.0 Å². The Hall–Kier alpha value is -0.790. The van der Waals surface area contributed by atoms with Crippen LogP contribution in [0.15, 0.2) is 40.3 Å². The van der Waals surface area contributed by atoms with E-state index in [0.29, 0.717) is 11.5 Å². The van der Waals surface area contributed by atoms with Crippen LogP contribution in [0.3, 0.4) is 0 Å². The van der Waals surface area contributed by atoms with Crippen molar-refractivity contribution in [2.75, 3.05) is 0 Å². The second-order valence-corrected chi connectivity index (χ2v) is 8.90. The maximum Gasteiger partial charge on any atom is 0.109 e. The number of thiocarbonyl (C=S) groups is 1. The maximum atomic E-state index is 5.92. The van der Waals surface area contributed by atoms with Crippen molar-refractivity contribution in [2.24, 2.45) is 0 Å². The molecule has 0 unspecified atom stereocenters. The third-order valence-corrected chi connectivity index (χ3v) is 6.40. The third kappa shape index (κ3) is 3.73. The molecule has 3 rings (SSSR count). The molecule has 24 heavy (non-hydrogen) atoms. The van der Waals surface area contributed by atoms with Crippen molar-refractivity contribution >= 4 is 78.5 Å². The van der Waals surface area contributed by atoms with Crippen molar-refractivity contribution in [1.82, 2.24) is 9.88 Å². The molecule has 2 heterocycles. The van der Waals surface area contributed by atoms with E-state index >= 15 is 0 Å². The number of halogens is 2. The van der Waals surface area contributed by atoms with Gasteiger partial charge in [-0.2, -0.15) is 0 Å². The number of aromatic nitrogens is 1. The van der Waals surface area contributed by atoms with Crippen LogP contribution in [-0.2, 0) is 13.1 Å². The van der Waals surface area contributed by atoms with E-state index in [0.717, 1.165) is 36.4 Å². The highest BCUT2D eigenvalue weighted by Gasteiger charge is 2.12. The smallest absolute Gasteiger partial charge is 0.109 e.